The average molecular weight is 697 g/mol. The molecular formula is C40H60N2O8. The van der Waals surface area contributed by atoms with E-state index in [9.17, 15) is 29.4 Å². The lowest BCUT2D eigenvalue weighted by Crippen LogP contribution is -2.42. The van der Waals surface area contributed by atoms with Gasteiger partial charge >= 0.3 is 23.8 Å². The van der Waals surface area contributed by atoms with E-state index >= 15 is 0 Å². The van der Waals surface area contributed by atoms with Gasteiger partial charge in [0.05, 0.1) is 13.1 Å². The summed E-state index contributed by atoms with van der Waals surface area (Å²) in [7, 11) is 0. The van der Waals surface area contributed by atoms with Gasteiger partial charge in [0.15, 0.2) is 0 Å². The molecule has 278 valence electrons. The van der Waals surface area contributed by atoms with Crippen LogP contribution in [0.15, 0.2) is 24.3 Å². The third-order valence-corrected chi connectivity index (χ3v) is 8.11. The van der Waals surface area contributed by atoms with E-state index in [1.807, 2.05) is 65.8 Å². The highest BCUT2D eigenvalue weighted by molar-refractivity contribution is 6.35. The summed E-state index contributed by atoms with van der Waals surface area (Å²) >= 11 is 0. The first-order chi connectivity index (χ1) is 23.2. The number of hydrogen-bond acceptors (Lipinski definition) is 8. The van der Waals surface area contributed by atoms with E-state index in [0.29, 0.717) is 36.2 Å². The molecule has 0 spiro atoms. The number of amides is 2. The molecule has 0 aliphatic rings. The third-order valence-electron chi connectivity index (χ3n) is 8.11. The number of nitrogens with one attached hydrogen (secondary N) is 2. The number of carbonyl (C=O) groups excluding carboxylic acids is 4. The van der Waals surface area contributed by atoms with Crippen LogP contribution in [0.1, 0.15) is 115 Å². The summed E-state index contributed by atoms with van der Waals surface area (Å²) in [6.07, 6.45) is 2.61. The maximum atomic E-state index is 12.4. The first-order valence-corrected chi connectivity index (χ1v) is 17.8. The molecule has 0 radical (unpaired) electrons. The molecule has 10 heteroatoms. The molecule has 2 rings (SSSR count). The van der Waals surface area contributed by atoms with E-state index in [2.05, 4.69) is 38.3 Å². The summed E-state index contributed by atoms with van der Waals surface area (Å²) in [5, 5.41) is 26.5. The second-order valence-corrected chi connectivity index (χ2v) is 16.0. The Bertz CT molecular complexity index is 1370. The first-order valence-electron chi connectivity index (χ1n) is 17.8. The number of hydrogen-bond donors (Lipinski definition) is 4. The van der Waals surface area contributed by atoms with Crippen LogP contribution in [0.3, 0.4) is 0 Å². The molecule has 10 nitrogen and oxygen atoms in total. The van der Waals surface area contributed by atoms with E-state index in [-0.39, 0.29) is 50.0 Å². The number of benzene rings is 2. The number of rotatable bonds is 16. The molecule has 0 aliphatic carbocycles. The maximum absolute atomic E-state index is 12.4. The van der Waals surface area contributed by atoms with Gasteiger partial charge in [0.25, 0.3) is 0 Å². The Morgan fingerprint density at radius 1 is 0.620 bits per heavy atom. The number of carbonyl (C=O) groups is 4. The molecule has 0 fully saturated rings. The summed E-state index contributed by atoms with van der Waals surface area (Å²) in [6, 6.07) is 7.77. The van der Waals surface area contributed by atoms with Crippen LogP contribution < -0.4 is 10.6 Å². The average Bonchev–Trinajstić information content (AvgIpc) is 3.00. The molecule has 2 aromatic rings. The molecule has 2 amide bonds. The summed E-state index contributed by atoms with van der Waals surface area (Å²) in [4.78, 5) is 49.0. The number of phenolic OH excluding ortho intramolecular Hbond substituents is 2. The van der Waals surface area contributed by atoms with Gasteiger partial charge < -0.3 is 30.3 Å². The van der Waals surface area contributed by atoms with Crippen molar-refractivity contribution in [3.05, 3.63) is 57.6 Å². The van der Waals surface area contributed by atoms with Crippen molar-refractivity contribution >= 4 is 23.8 Å². The van der Waals surface area contributed by atoms with Crippen LogP contribution in [0.5, 0.6) is 11.5 Å². The summed E-state index contributed by atoms with van der Waals surface area (Å²) in [5.74, 6) is -1.29. The third kappa shape index (κ3) is 14.0. The van der Waals surface area contributed by atoms with Gasteiger partial charge in [0.2, 0.25) is 0 Å². The van der Waals surface area contributed by atoms with Crippen molar-refractivity contribution in [1.29, 1.82) is 0 Å². The van der Waals surface area contributed by atoms with Gasteiger partial charge in [-0.25, -0.2) is 0 Å². The standard InChI is InChI=1S/C40H60N2O8/c1-25(2)19-29-21-27(23-31(35(29)45)39(5,6)7)11-13-33(43)49-17-15-41-37(47)38(48)42-16-18-50-34(44)14-12-28-22-30(20-26(3)4)36(46)32(24-28)40(8,9)10/h21-26,45-46H,11-20H2,1-10H3,(H,41,47)(H,42,48). The Kier molecular flexibility index (Phi) is 15.8. The zero-order valence-electron chi connectivity index (χ0n) is 31.9. The Balaban J connectivity index is 1.72. The fourth-order valence-electron chi connectivity index (χ4n) is 5.60. The van der Waals surface area contributed by atoms with Crippen LogP contribution in [0.2, 0.25) is 0 Å². The van der Waals surface area contributed by atoms with E-state index in [1.54, 1.807) is 0 Å². The molecule has 0 bridgehead atoms. The Morgan fingerprint density at radius 3 is 1.26 bits per heavy atom. The lowest BCUT2D eigenvalue weighted by molar-refractivity contribution is -0.145. The van der Waals surface area contributed by atoms with Gasteiger partial charge in [-0.15, -0.1) is 0 Å². The number of phenols is 2. The normalized spacial score (nSPS) is 11.8. The number of aromatic hydroxyl groups is 2. The van der Waals surface area contributed by atoms with Gasteiger partial charge in [-0.2, -0.15) is 0 Å². The maximum Gasteiger partial charge on any atom is 0.309 e. The van der Waals surface area contributed by atoms with E-state index in [1.165, 1.54) is 0 Å². The van der Waals surface area contributed by atoms with Crippen molar-refractivity contribution < 1.29 is 38.9 Å². The van der Waals surface area contributed by atoms with Crippen LogP contribution >= 0.6 is 0 Å². The molecule has 0 heterocycles. The summed E-state index contributed by atoms with van der Waals surface area (Å²) in [6.45, 7) is 20.3. The fourth-order valence-corrected chi connectivity index (χ4v) is 5.60. The highest BCUT2D eigenvalue weighted by Crippen LogP contribution is 2.37. The number of ether oxygens (including phenoxy) is 2. The highest BCUT2D eigenvalue weighted by atomic mass is 16.5. The van der Waals surface area contributed by atoms with Crippen LogP contribution in [-0.2, 0) is 65.2 Å². The minimum atomic E-state index is -0.886. The zero-order valence-corrected chi connectivity index (χ0v) is 31.9. The summed E-state index contributed by atoms with van der Waals surface area (Å²) in [5.41, 5.74) is 4.79. The van der Waals surface area contributed by atoms with Gasteiger partial charge in [0.1, 0.15) is 24.7 Å². The molecule has 0 unspecified atom stereocenters. The quantitative estimate of drug-likeness (QED) is 0.0952. The van der Waals surface area contributed by atoms with Crippen molar-refractivity contribution in [1.82, 2.24) is 10.6 Å². The van der Waals surface area contributed by atoms with Crippen molar-refractivity contribution in [3.8, 4) is 11.5 Å². The lowest BCUT2D eigenvalue weighted by atomic mass is 9.82. The minimum Gasteiger partial charge on any atom is -0.507 e. The lowest BCUT2D eigenvalue weighted by Gasteiger charge is -2.24. The monoisotopic (exact) mass is 696 g/mol. The molecule has 4 N–H and O–H groups in total. The van der Waals surface area contributed by atoms with Crippen LogP contribution in [-0.4, -0.2) is 60.3 Å². The predicted octanol–water partition coefficient (Wildman–Crippen LogP) is 5.97. The second kappa shape index (κ2) is 18.8. The van der Waals surface area contributed by atoms with E-state index in [4.69, 9.17) is 9.47 Å². The SMILES string of the molecule is CC(C)Cc1cc(CCC(=O)OCCNC(=O)C(=O)NCCOC(=O)CCc2cc(CC(C)C)c(O)c(C(C)(C)C)c2)cc(C(C)(C)C)c1O. The van der Waals surface area contributed by atoms with Crippen LogP contribution in [0.4, 0.5) is 0 Å². The second-order valence-electron chi connectivity index (χ2n) is 16.0. The molecule has 2 aromatic carbocycles. The highest BCUT2D eigenvalue weighted by Gasteiger charge is 2.23. The molecule has 0 atom stereocenters. The number of aryl methyl sites for hydroxylation is 2. The van der Waals surface area contributed by atoms with Crippen LogP contribution in [0, 0.1) is 11.8 Å². The predicted molar refractivity (Wildman–Crippen MR) is 195 cm³/mol. The molecule has 0 saturated carbocycles. The van der Waals surface area contributed by atoms with Crippen LogP contribution in [0.25, 0.3) is 0 Å². The number of esters is 2. The van der Waals surface area contributed by atoms with Crippen molar-refractivity contribution in [3.63, 3.8) is 0 Å². The minimum absolute atomic E-state index is 0.0357. The van der Waals surface area contributed by atoms with Gasteiger partial charge in [-0.1, -0.05) is 93.5 Å². The Labute approximate surface area is 298 Å². The molecule has 0 aromatic heterocycles. The first kappa shape index (κ1) is 42.1. The molecule has 0 saturated heterocycles. The van der Waals surface area contributed by atoms with Gasteiger partial charge in [-0.05, 0) is 81.7 Å². The van der Waals surface area contributed by atoms with E-state index in [0.717, 1.165) is 46.2 Å². The topological polar surface area (TPSA) is 151 Å². The Hall–Kier alpha value is -4.08. The van der Waals surface area contributed by atoms with Crippen molar-refractivity contribution in [2.24, 2.45) is 11.8 Å². The van der Waals surface area contributed by atoms with E-state index < -0.39 is 23.8 Å². The van der Waals surface area contributed by atoms with Gasteiger partial charge in [0, 0.05) is 12.8 Å². The van der Waals surface area contributed by atoms with Crippen molar-refractivity contribution in [2.75, 3.05) is 26.3 Å². The molecular weight excluding hydrogens is 636 g/mol. The summed E-state index contributed by atoms with van der Waals surface area (Å²) < 4.78 is 10.5. The smallest absolute Gasteiger partial charge is 0.309 e. The molecule has 0 aliphatic heterocycles. The fraction of sp³-hybridized carbons (Fsp3) is 0.600. The zero-order chi connectivity index (χ0) is 37.8. The molecule has 50 heavy (non-hydrogen) atoms. The van der Waals surface area contributed by atoms with Gasteiger partial charge in [-0.3, -0.25) is 19.2 Å². The van der Waals surface area contributed by atoms with Crippen molar-refractivity contribution in [2.45, 2.75) is 119 Å². The Morgan fingerprint density at radius 2 is 0.960 bits per heavy atom. The largest absolute Gasteiger partial charge is 0.507 e.